The van der Waals surface area contributed by atoms with E-state index in [2.05, 4.69) is 24.5 Å². The fraction of sp³-hybridized carbons (Fsp3) is 0.588. The van der Waals surface area contributed by atoms with Gasteiger partial charge in [0.15, 0.2) is 0 Å². The van der Waals surface area contributed by atoms with Crippen LogP contribution in [-0.4, -0.2) is 52.6 Å². The first-order valence-corrected chi connectivity index (χ1v) is 9.79. The van der Waals surface area contributed by atoms with Gasteiger partial charge in [-0.3, -0.25) is 0 Å². The minimum atomic E-state index is -3.54. The number of carbonyl (C=O) groups excluding carboxylic acids is 1. The van der Waals surface area contributed by atoms with Gasteiger partial charge in [-0.2, -0.15) is 0 Å². The summed E-state index contributed by atoms with van der Waals surface area (Å²) in [6.45, 7) is 6.12. The highest BCUT2D eigenvalue weighted by Crippen LogP contribution is 2.18. The second-order valence-corrected chi connectivity index (χ2v) is 8.45. The first-order chi connectivity index (χ1) is 11.7. The molecule has 8 heteroatoms. The highest BCUT2D eigenvalue weighted by molar-refractivity contribution is 7.89. The van der Waals surface area contributed by atoms with Gasteiger partial charge in [0.2, 0.25) is 10.0 Å². The molecule has 2 amide bonds. The third-order valence-corrected chi connectivity index (χ3v) is 5.29. The predicted molar refractivity (Wildman–Crippen MR) is 97.8 cm³/mol. The van der Waals surface area contributed by atoms with Crippen molar-refractivity contribution < 1.29 is 17.9 Å². The van der Waals surface area contributed by atoms with E-state index in [1.807, 2.05) is 0 Å². The molecule has 0 radical (unpaired) electrons. The Morgan fingerprint density at radius 1 is 1.20 bits per heavy atom. The van der Waals surface area contributed by atoms with E-state index in [-0.39, 0.29) is 17.5 Å². The molecule has 25 heavy (non-hydrogen) atoms. The topological polar surface area (TPSA) is 87.7 Å². The second kappa shape index (κ2) is 10.4. The molecular weight excluding hydrogens is 342 g/mol. The normalized spacial score (nSPS) is 11.8. The zero-order valence-corrected chi connectivity index (χ0v) is 16.2. The lowest BCUT2D eigenvalue weighted by molar-refractivity contribution is 0.108. The Morgan fingerprint density at radius 3 is 2.52 bits per heavy atom. The second-order valence-electron chi connectivity index (χ2n) is 6.33. The maximum atomic E-state index is 12.3. The van der Waals surface area contributed by atoms with Gasteiger partial charge in [0.25, 0.3) is 0 Å². The molecule has 0 aliphatic heterocycles. The highest BCUT2D eigenvalue weighted by atomic mass is 32.2. The molecule has 2 N–H and O–H groups in total. The monoisotopic (exact) mass is 371 g/mol. The van der Waals surface area contributed by atoms with Gasteiger partial charge in [0, 0.05) is 40.4 Å². The van der Waals surface area contributed by atoms with E-state index in [0.717, 1.165) is 10.7 Å². The molecule has 0 bridgehead atoms. The van der Waals surface area contributed by atoms with Crippen LogP contribution in [0.1, 0.15) is 25.8 Å². The van der Waals surface area contributed by atoms with Gasteiger partial charge in [0.05, 0.1) is 4.90 Å². The van der Waals surface area contributed by atoms with E-state index < -0.39 is 10.0 Å². The maximum Gasteiger partial charge on any atom is 0.315 e. The first kappa shape index (κ1) is 21.4. The molecular formula is C17H29N3O4S. The van der Waals surface area contributed by atoms with Gasteiger partial charge < -0.3 is 15.4 Å². The summed E-state index contributed by atoms with van der Waals surface area (Å²) >= 11 is 0. The van der Waals surface area contributed by atoms with E-state index in [1.165, 1.54) is 20.2 Å². The van der Waals surface area contributed by atoms with Gasteiger partial charge in [0.1, 0.15) is 0 Å². The van der Waals surface area contributed by atoms with Crippen molar-refractivity contribution in [3.05, 3.63) is 29.8 Å². The molecule has 142 valence electrons. The van der Waals surface area contributed by atoms with Gasteiger partial charge >= 0.3 is 6.03 Å². The Kier molecular flexibility index (Phi) is 8.88. The number of carbonyl (C=O) groups is 1. The molecule has 0 saturated heterocycles. The van der Waals surface area contributed by atoms with Crippen LogP contribution in [0.25, 0.3) is 0 Å². The minimum Gasteiger partial charge on any atom is -0.381 e. The predicted octanol–water partition coefficient (Wildman–Crippen LogP) is 1.80. The fourth-order valence-electron chi connectivity index (χ4n) is 2.03. The van der Waals surface area contributed by atoms with Crippen molar-refractivity contribution in [3.8, 4) is 0 Å². The first-order valence-electron chi connectivity index (χ1n) is 8.35. The van der Waals surface area contributed by atoms with Gasteiger partial charge in [-0.25, -0.2) is 17.5 Å². The number of ether oxygens (including phenoxy) is 1. The van der Waals surface area contributed by atoms with Crippen molar-refractivity contribution >= 4 is 16.1 Å². The van der Waals surface area contributed by atoms with Crippen LogP contribution in [0.2, 0.25) is 0 Å². The smallest absolute Gasteiger partial charge is 0.315 e. The molecule has 0 spiro atoms. The van der Waals surface area contributed by atoms with Crippen LogP contribution >= 0.6 is 0 Å². The number of amides is 2. The summed E-state index contributed by atoms with van der Waals surface area (Å²) in [7, 11) is -0.585. The van der Waals surface area contributed by atoms with Crippen molar-refractivity contribution in [3.63, 3.8) is 0 Å². The molecule has 7 nitrogen and oxygen atoms in total. The summed E-state index contributed by atoms with van der Waals surface area (Å²) in [6.07, 6.45) is 0.728. The maximum absolute atomic E-state index is 12.3. The number of nitrogens with one attached hydrogen (secondary N) is 2. The minimum absolute atomic E-state index is 0.138. The Balaban J connectivity index is 2.45. The SMILES string of the molecule is CC(C)COCCCNC(=O)NCc1ccccc1S(=O)(=O)N(C)C. The average Bonchev–Trinajstić information content (AvgIpc) is 2.55. The molecule has 0 atom stereocenters. The van der Waals surface area contributed by atoms with E-state index in [4.69, 9.17) is 4.74 Å². The van der Waals surface area contributed by atoms with Crippen LogP contribution in [0, 0.1) is 5.92 Å². The van der Waals surface area contributed by atoms with E-state index in [1.54, 1.807) is 18.2 Å². The average molecular weight is 372 g/mol. The van der Waals surface area contributed by atoms with Gasteiger partial charge in [-0.15, -0.1) is 0 Å². The van der Waals surface area contributed by atoms with Crippen molar-refractivity contribution in [1.82, 2.24) is 14.9 Å². The highest BCUT2D eigenvalue weighted by Gasteiger charge is 2.20. The molecule has 1 rings (SSSR count). The lowest BCUT2D eigenvalue weighted by Crippen LogP contribution is -2.36. The van der Waals surface area contributed by atoms with Crippen LogP contribution in [0.4, 0.5) is 4.79 Å². The summed E-state index contributed by atoms with van der Waals surface area (Å²) in [4.78, 5) is 12.0. The summed E-state index contributed by atoms with van der Waals surface area (Å²) in [6, 6.07) is 6.31. The van der Waals surface area contributed by atoms with Crippen LogP contribution in [-0.2, 0) is 21.3 Å². The van der Waals surface area contributed by atoms with Crippen molar-refractivity contribution in [2.24, 2.45) is 5.92 Å². The number of benzene rings is 1. The van der Waals surface area contributed by atoms with Crippen LogP contribution in [0.15, 0.2) is 29.2 Å². The number of hydrogen-bond acceptors (Lipinski definition) is 4. The lowest BCUT2D eigenvalue weighted by Gasteiger charge is -2.15. The van der Waals surface area contributed by atoms with Crippen molar-refractivity contribution in [2.45, 2.75) is 31.7 Å². The van der Waals surface area contributed by atoms with E-state index in [0.29, 0.717) is 31.2 Å². The van der Waals surface area contributed by atoms with Gasteiger partial charge in [-0.05, 0) is 24.0 Å². The lowest BCUT2D eigenvalue weighted by atomic mass is 10.2. The quantitative estimate of drug-likeness (QED) is 0.614. The molecule has 1 aromatic carbocycles. The van der Waals surface area contributed by atoms with E-state index in [9.17, 15) is 13.2 Å². The standard InChI is InChI=1S/C17H29N3O4S/c1-14(2)13-24-11-7-10-18-17(21)19-12-15-8-5-6-9-16(15)25(22,23)20(3)4/h5-6,8-9,14H,7,10-13H2,1-4H3,(H2,18,19,21). The van der Waals surface area contributed by atoms with Gasteiger partial charge in [-0.1, -0.05) is 32.0 Å². The third kappa shape index (κ3) is 7.41. The van der Waals surface area contributed by atoms with Crippen LogP contribution in [0.5, 0.6) is 0 Å². The van der Waals surface area contributed by atoms with Crippen molar-refractivity contribution in [2.75, 3.05) is 33.9 Å². The zero-order chi connectivity index (χ0) is 18.9. The fourth-order valence-corrected chi connectivity index (χ4v) is 3.15. The number of hydrogen-bond donors (Lipinski definition) is 2. The Labute approximate surface area is 150 Å². The number of nitrogens with zero attached hydrogens (tertiary/aromatic N) is 1. The zero-order valence-electron chi connectivity index (χ0n) is 15.4. The number of sulfonamides is 1. The van der Waals surface area contributed by atoms with Crippen LogP contribution < -0.4 is 10.6 Å². The molecule has 0 aliphatic carbocycles. The molecule has 0 aromatic heterocycles. The Morgan fingerprint density at radius 2 is 1.88 bits per heavy atom. The summed E-state index contributed by atoms with van der Waals surface area (Å²) in [5.41, 5.74) is 0.548. The number of rotatable bonds is 10. The number of urea groups is 1. The van der Waals surface area contributed by atoms with Crippen molar-refractivity contribution in [1.29, 1.82) is 0 Å². The molecule has 0 fully saturated rings. The molecule has 0 saturated carbocycles. The molecule has 0 unspecified atom stereocenters. The molecule has 1 aromatic rings. The Hall–Kier alpha value is -1.64. The largest absolute Gasteiger partial charge is 0.381 e. The summed E-state index contributed by atoms with van der Waals surface area (Å²) < 4.78 is 31.2. The third-order valence-electron chi connectivity index (χ3n) is 3.37. The van der Waals surface area contributed by atoms with Crippen LogP contribution in [0.3, 0.4) is 0 Å². The molecule has 0 heterocycles. The summed E-state index contributed by atoms with van der Waals surface area (Å²) in [5, 5.41) is 5.42. The Bertz CT molecular complexity index is 645. The van der Waals surface area contributed by atoms with E-state index >= 15 is 0 Å². The molecule has 0 aliphatic rings. The summed E-state index contributed by atoms with van der Waals surface area (Å²) in [5.74, 6) is 0.495.